The molecule has 704 valence electrons. The highest BCUT2D eigenvalue weighted by Gasteiger charge is 2.26. The van der Waals surface area contributed by atoms with Gasteiger partial charge in [0.1, 0.15) is 33.3 Å². The van der Waals surface area contributed by atoms with Gasteiger partial charge in [-0.1, -0.05) is 352 Å². The number of hydrogen-bond donors (Lipinski definition) is 0. The van der Waals surface area contributed by atoms with Crippen LogP contribution < -0.4 is 14.7 Å². The van der Waals surface area contributed by atoms with Gasteiger partial charge in [-0.05, 0) is 280 Å². The van der Waals surface area contributed by atoms with E-state index >= 15 is 0 Å². The monoisotopic (exact) mass is 1920 g/mol. The highest BCUT2D eigenvalue weighted by atomic mass is 16.4. The molecule has 0 bridgehead atoms. The lowest BCUT2D eigenvalue weighted by molar-refractivity contribution is 0.623. The molecule has 0 atom stereocenters. The molecule has 0 amide bonds. The Bertz CT molecular complexity index is 10400. The molecule has 0 unspecified atom stereocenters. The van der Waals surface area contributed by atoms with E-state index in [-0.39, 0.29) is 0 Å². The topological polar surface area (TPSA) is 114 Å². The molecule has 150 heavy (non-hydrogen) atoms. The molecule has 0 saturated heterocycles. The van der Waals surface area contributed by atoms with Crippen LogP contribution in [-0.2, 0) is 0 Å². The zero-order valence-corrected chi connectivity index (χ0v) is 81.0. The zero-order chi connectivity index (χ0) is 99.1. The Morgan fingerprint density at radius 3 is 0.920 bits per heavy atom. The Labute approximate surface area is 862 Å². The molecule has 30 aromatic rings. The lowest BCUT2D eigenvalue weighted by atomic mass is 9.96. The fourth-order valence-corrected chi connectivity index (χ4v) is 21.6. The number of fused-ring (bicyclic) bond motifs is 22. The van der Waals surface area contributed by atoms with Gasteiger partial charge in [-0.25, -0.2) is 15.0 Å². The number of rotatable bonds is 16. The summed E-state index contributed by atoms with van der Waals surface area (Å²) >= 11 is 0. The molecule has 25 aromatic carbocycles. The van der Waals surface area contributed by atoms with Gasteiger partial charge in [0, 0.05) is 106 Å². The molecule has 0 N–H and O–H groups in total. The Morgan fingerprint density at radius 1 is 0.140 bits per heavy atom. The number of anilines is 9. The lowest BCUT2D eigenvalue weighted by Gasteiger charge is -2.26. The standard InChI is InChI=1S/C49H32N2O.2C45H28N2O2/c1-3-10-33(11-4-1)35-22-26-42(27-23-35)51(44-28-24-34-12-7-8-15-39(34)30-44)43-17-9-16-40(31-43)41-21-19-36-18-20-37-25-29-46-48(47(37)45(36)32-41)52-49(50-46)38-13-5-2-6-14-38;1-3-10-29(11-4-1)30-20-24-34(25-21-30)47(40-16-9-15-37-36-14-7-8-17-41(36)48-43(37)40)35-26-22-31-18-19-32-23-27-39-44(42(32)38(31)28-35)49-45(46-39)33-12-5-2-6-13-33;1-3-9-29(10-4-1)30-17-21-34(22-18-30)47(36-24-25-38-37-13-7-8-14-41(37)48-42(38)28-36)35-23-19-31-15-16-32-20-26-40-44(43(32)39(31)27-35)49-45(46-40)33-11-5-2-6-12-33/h1-32H;2*1-28H. The number of hydrogen-bond acceptors (Lipinski definition) is 11. The second-order valence-electron chi connectivity index (χ2n) is 38.0. The molecule has 11 heteroatoms. The van der Waals surface area contributed by atoms with Crippen molar-refractivity contribution in [3.05, 3.63) is 534 Å². The van der Waals surface area contributed by atoms with Crippen molar-refractivity contribution in [2.24, 2.45) is 0 Å². The van der Waals surface area contributed by atoms with E-state index in [0.29, 0.717) is 17.7 Å². The van der Waals surface area contributed by atoms with Crippen LogP contribution in [0.25, 0.3) is 231 Å². The average Bonchev–Trinajstić information content (AvgIpc) is 1.48. The van der Waals surface area contributed by atoms with Crippen molar-refractivity contribution in [2.45, 2.75) is 0 Å². The van der Waals surface area contributed by atoms with Crippen LogP contribution in [0.2, 0.25) is 0 Å². The average molecular weight is 1920 g/mol. The van der Waals surface area contributed by atoms with Crippen LogP contribution in [0, 0.1) is 0 Å². The zero-order valence-electron chi connectivity index (χ0n) is 81.0. The van der Waals surface area contributed by atoms with Gasteiger partial charge in [0.05, 0.1) is 5.69 Å². The predicted octanol–water partition coefficient (Wildman–Crippen LogP) is 39.4. The number of oxazole rings is 3. The maximum atomic E-state index is 6.60. The number of benzene rings is 25. The van der Waals surface area contributed by atoms with E-state index in [4.69, 9.17) is 37.0 Å². The van der Waals surface area contributed by atoms with Crippen molar-refractivity contribution in [3.63, 3.8) is 0 Å². The molecule has 5 heterocycles. The Kier molecular flexibility index (Phi) is 21.7. The van der Waals surface area contributed by atoms with Crippen molar-refractivity contribution < 1.29 is 22.1 Å². The first-order chi connectivity index (χ1) is 74.3. The largest absolute Gasteiger partial charge is 0.456 e. The molecule has 0 saturated carbocycles. The van der Waals surface area contributed by atoms with Crippen LogP contribution in [0.1, 0.15) is 0 Å². The Morgan fingerprint density at radius 2 is 0.440 bits per heavy atom. The third kappa shape index (κ3) is 16.0. The first kappa shape index (κ1) is 87.5. The van der Waals surface area contributed by atoms with E-state index in [1.807, 2.05) is 140 Å². The van der Waals surface area contributed by atoms with Gasteiger partial charge in [0.2, 0.25) is 17.7 Å². The summed E-state index contributed by atoms with van der Waals surface area (Å²) in [7, 11) is 0. The van der Waals surface area contributed by atoms with Crippen molar-refractivity contribution in [2.75, 3.05) is 14.7 Å². The minimum atomic E-state index is 0.618. The van der Waals surface area contributed by atoms with Crippen LogP contribution >= 0.6 is 0 Å². The van der Waals surface area contributed by atoms with Gasteiger partial charge < -0.3 is 36.8 Å². The fourth-order valence-electron chi connectivity index (χ4n) is 21.6. The number of para-hydroxylation sites is 3. The molecule has 0 aliphatic heterocycles. The molecule has 30 rings (SSSR count). The molecular formula is C139H88N6O5. The van der Waals surface area contributed by atoms with E-state index in [1.165, 1.54) is 38.6 Å². The van der Waals surface area contributed by atoms with E-state index in [0.717, 1.165) is 226 Å². The van der Waals surface area contributed by atoms with E-state index in [2.05, 4.69) is 409 Å². The van der Waals surface area contributed by atoms with Crippen LogP contribution in [0.4, 0.5) is 51.2 Å². The molecule has 0 aliphatic rings. The maximum Gasteiger partial charge on any atom is 0.227 e. The number of aromatic nitrogens is 3. The molecule has 5 aromatic heterocycles. The minimum Gasteiger partial charge on any atom is -0.456 e. The summed E-state index contributed by atoms with van der Waals surface area (Å²) in [6.45, 7) is 0. The summed E-state index contributed by atoms with van der Waals surface area (Å²) in [5, 5.41) is 20.1. The van der Waals surface area contributed by atoms with Crippen molar-refractivity contribution in [3.8, 4) is 78.9 Å². The Balaban J connectivity index is 0.000000108. The van der Waals surface area contributed by atoms with Crippen LogP contribution in [0.15, 0.2) is 556 Å². The van der Waals surface area contributed by atoms with E-state index < -0.39 is 0 Å². The highest BCUT2D eigenvalue weighted by molar-refractivity contribution is 6.22. The second-order valence-corrected chi connectivity index (χ2v) is 38.0. The molecule has 0 radical (unpaired) electrons. The lowest BCUT2D eigenvalue weighted by Crippen LogP contribution is -2.10. The smallest absolute Gasteiger partial charge is 0.227 e. The van der Waals surface area contributed by atoms with Crippen molar-refractivity contribution in [1.82, 2.24) is 15.0 Å². The Hall–Kier alpha value is -20.3. The predicted molar refractivity (Wildman–Crippen MR) is 621 cm³/mol. The van der Waals surface area contributed by atoms with E-state index in [9.17, 15) is 0 Å². The summed E-state index contributed by atoms with van der Waals surface area (Å²) in [4.78, 5) is 21.6. The second kappa shape index (κ2) is 37.2. The molecule has 0 spiro atoms. The molecule has 0 fully saturated rings. The van der Waals surface area contributed by atoms with Gasteiger partial charge in [-0.2, -0.15) is 0 Å². The van der Waals surface area contributed by atoms with Gasteiger partial charge in [0.15, 0.2) is 22.3 Å². The molecule has 0 aliphatic carbocycles. The van der Waals surface area contributed by atoms with Crippen molar-refractivity contribution >= 4 is 204 Å². The van der Waals surface area contributed by atoms with Crippen LogP contribution in [0.3, 0.4) is 0 Å². The minimum absolute atomic E-state index is 0.618. The summed E-state index contributed by atoms with van der Waals surface area (Å²) in [5.74, 6) is 1.87. The first-order valence-corrected chi connectivity index (χ1v) is 50.5. The molecular weight excluding hydrogens is 1830 g/mol. The number of furan rings is 2. The highest BCUT2D eigenvalue weighted by Crippen LogP contribution is 2.50. The van der Waals surface area contributed by atoms with E-state index in [1.54, 1.807) is 0 Å². The van der Waals surface area contributed by atoms with Crippen molar-refractivity contribution in [1.29, 1.82) is 0 Å². The maximum absolute atomic E-state index is 6.60. The summed E-state index contributed by atoms with van der Waals surface area (Å²) in [5.41, 5.74) is 30.0. The van der Waals surface area contributed by atoms with Gasteiger partial charge >= 0.3 is 0 Å². The van der Waals surface area contributed by atoms with Gasteiger partial charge in [0.25, 0.3) is 0 Å². The quantitative estimate of drug-likeness (QED) is 0.0862. The van der Waals surface area contributed by atoms with Gasteiger partial charge in [-0.3, -0.25) is 0 Å². The normalized spacial score (nSPS) is 11.6. The summed E-state index contributed by atoms with van der Waals surface area (Å²) < 4.78 is 32.6. The van der Waals surface area contributed by atoms with Gasteiger partial charge in [-0.15, -0.1) is 0 Å². The summed E-state index contributed by atoms with van der Waals surface area (Å²) in [6, 6.07) is 187. The van der Waals surface area contributed by atoms with Crippen LogP contribution in [0.5, 0.6) is 0 Å². The third-order valence-electron chi connectivity index (χ3n) is 29.0. The molecule has 11 nitrogen and oxygen atoms in total. The first-order valence-electron chi connectivity index (χ1n) is 50.5. The number of nitrogens with zero attached hydrogens (tertiary/aromatic N) is 6. The SMILES string of the molecule is c1ccc(-c2ccc(N(c3ccc4c(c3)oc3ccccc34)c3ccc4ccc5ccc6nc(-c7ccccc7)oc6c5c4c3)cc2)cc1.c1ccc(-c2ccc(N(c3ccc4ccc5ccc6nc(-c7ccccc7)oc6c5c4c3)c3cccc4c3oc3ccccc34)cc2)cc1.c1ccc(-c2ccc(N(c3cccc(-c4ccc5ccc6ccc7nc(-c8ccccc8)oc7c6c5c4)c3)c3ccc4ccccc4c3)cc2)cc1. The van der Waals surface area contributed by atoms with Crippen LogP contribution in [-0.4, -0.2) is 15.0 Å². The fraction of sp³-hybridized carbons (Fsp3) is 0. The third-order valence-corrected chi connectivity index (χ3v) is 29.0. The summed E-state index contributed by atoms with van der Waals surface area (Å²) in [6.07, 6.45) is 0.